The van der Waals surface area contributed by atoms with Crippen LogP contribution in [-0.4, -0.2) is 29.1 Å². The van der Waals surface area contributed by atoms with E-state index in [1.165, 1.54) is 4.68 Å². The van der Waals surface area contributed by atoms with Crippen molar-refractivity contribution in [3.63, 3.8) is 0 Å². The van der Waals surface area contributed by atoms with Crippen molar-refractivity contribution in [2.24, 2.45) is 7.05 Å². The largest absolute Gasteiger partial charge is 0.471 e. The van der Waals surface area contributed by atoms with E-state index in [4.69, 9.17) is 9.79 Å². The lowest BCUT2D eigenvalue weighted by Gasteiger charge is -2.04. The molecule has 0 spiro atoms. The van der Waals surface area contributed by atoms with Gasteiger partial charge in [-0.25, -0.2) is 14.2 Å². The predicted octanol–water partition coefficient (Wildman–Crippen LogP) is 1.81. The van der Waals surface area contributed by atoms with Gasteiger partial charge in [0.1, 0.15) is 5.65 Å². The molecule has 3 heterocycles. The number of nitrogens with zero attached hydrogens (tertiary/aromatic N) is 4. The first-order valence-corrected chi connectivity index (χ1v) is 8.02. The van der Waals surface area contributed by atoms with Crippen LogP contribution in [0.25, 0.3) is 22.3 Å². The van der Waals surface area contributed by atoms with Gasteiger partial charge in [0.2, 0.25) is 0 Å². The number of aryl methyl sites for hydroxylation is 2. The van der Waals surface area contributed by atoms with Crippen LogP contribution in [0.4, 0.5) is 0 Å². The molecule has 0 bridgehead atoms. The number of hydrogen-bond donors (Lipinski definition) is 2. The van der Waals surface area contributed by atoms with E-state index in [2.05, 4.69) is 20.7 Å². The summed E-state index contributed by atoms with van der Waals surface area (Å²) in [6, 6.07) is 5.92. The fraction of sp³-hybridized carbons (Fsp3) is 0.231. The molecule has 0 aliphatic heterocycles. The highest BCUT2D eigenvalue weighted by atomic mass is 31.2. The van der Waals surface area contributed by atoms with Crippen LogP contribution >= 0.6 is 7.82 Å². The van der Waals surface area contributed by atoms with E-state index in [9.17, 15) is 4.57 Å². The molecule has 22 heavy (non-hydrogen) atoms. The van der Waals surface area contributed by atoms with Crippen LogP contribution in [0.3, 0.4) is 0 Å². The van der Waals surface area contributed by atoms with E-state index in [0.29, 0.717) is 0 Å². The minimum absolute atomic E-state index is 0.324. The molecule has 3 rings (SSSR count). The van der Waals surface area contributed by atoms with Gasteiger partial charge in [-0.15, -0.1) is 0 Å². The highest BCUT2D eigenvalue weighted by Gasteiger charge is 2.14. The number of fused-ring (bicyclic) bond motifs is 1. The zero-order valence-corrected chi connectivity index (χ0v) is 12.9. The van der Waals surface area contributed by atoms with Crippen LogP contribution in [0.15, 0.2) is 30.6 Å². The van der Waals surface area contributed by atoms with Crippen molar-refractivity contribution in [3.8, 4) is 11.3 Å². The fourth-order valence-electron chi connectivity index (χ4n) is 2.19. The summed E-state index contributed by atoms with van der Waals surface area (Å²) in [5.74, 6) is 0. The van der Waals surface area contributed by atoms with Crippen molar-refractivity contribution in [2.45, 2.75) is 13.7 Å². The molecule has 9 heteroatoms. The van der Waals surface area contributed by atoms with Crippen molar-refractivity contribution in [1.29, 1.82) is 0 Å². The van der Waals surface area contributed by atoms with Crippen LogP contribution in [0.5, 0.6) is 0 Å². The molecule has 3 aromatic heterocycles. The second kappa shape index (κ2) is 5.33. The Morgan fingerprint density at radius 3 is 2.86 bits per heavy atom. The summed E-state index contributed by atoms with van der Waals surface area (Å²) >= 11 is 0. The number of phosphoric ester groups is 1. The van der Waals surface area contributed by atoms with Crippen molar-refractivity contribution in [1.82, 2.24) is 19.3 Å². The zero-order valence-electron chi connectivity index (χ0n) is 12.0. The molecule has 0 amide bonds. The summed E-state index contributed by atoms with van der Waals surface area (Å²) in [6.45, 7) is 1.69. The molecule has 116 valence electrons. The highest BCUT2D eigenvalue weighted by Crippen LogP contribution is 2.36. The normalized spacial score (nSPS) is 12.2. The second-order valence-corrected chi connectivity index (χ2v) is 6.21. The van der Waals surface area contributed by atoms with E-state index in [1.54, 1.807) is 12.4 Å². The van der Waals surface area contributed by atoms with Crippen molar-refractivity contribution >= 4 is 18.9 Å². The molecule has 2 N–H and O–H groups in total. The minimum atomic E-state index is -4.51. The molecule has 0 aromatic carbocycles. The minimum Gasteiger partial charge on any atom is -0.333 e. The summed E-state index contributed by atoms with van der Waals surface area (Å²) < 4.78 is 18.4. The van der Waals surface area contributed by atoms with Gasteiger partial charge in [0.25, 0.3) is 0 Å². The van der Waals surface area contributed by atoms with Crippen LogP contribution < -0.4 is 0 Å². The van der Waals surface area contributed by atoms with E-state index in [1.807, 2.05) is 30.7 Å². The number of phosphoric acid groups is 1. The first-order chi connectivity index (χ1) is 10.3. The van der Waals surface area contributed by atoms with Crippen molar-refractivity contribution in [2.75, 3.05) is 0 Å². The van der Waals surface area contributed by atoms with Gasteiger partial charge < -0.3 is 14.4 Å². The summed E-state index contributed by atoms with van der Waals surface area (Å²) in [5, 5.41) is 5.06. The molecule has 0 fully saturated rings. The van der Waals surface area contributed by atoms with E-state index in [-0.39, 0.29) is 6.73 Å². The van der Waals surface area contributed by atoms with E-state index >= 15 is 0 Å². The first kappa shape index (κ1) is 14.9. The van der Waals surface area contributed by atoms with Gasteiger partial charge in [-0.05, 0) is 25.1 Å². The molecular formula is C13H15N4O4P. The predicted molar refractivity (Wildman–Crippen MR) is 79.8 cm³/mol. The van der Waals surface area contributed by atoms with Crippen molar-refractivity contribution < 1.29 is 18.9 Å². The molecule has 0 unspecified atom stereocenters. The standard InChI is InChI=1S/C13H15N4O4P/c1-9-5-10-3-4-12(15-13(10)16(9)2)11-6-14-17(7-11)8-21-22(18,19)20/h3-7H,8H2,1-2H3,(H2,18,19,20). The average Bonchev–Trinajstić information content (AvgIpc) is 3.02. The van der Waals surface area contributed by atoms with Gasteiger partial charge in [-0.1, -0.05) is 0 Å². The molecule has 0 saturated carbocycles. The van der Waals surface area contributed by atoms with Crippen LogP contribution in [-0.2, 0) is 22.9 Å². The third kappa shape index (κ3) is 2.95. The third-order valence-corrected chi connectivity index (χ3v) is 3.86. The molecule has 0 aliphatic rings. The summed E-state index contributed by atoms with van der Waals surface area (Å²) in [6.07, 6.45) is 3.20. The second-order valence-electron chi connectivity index (χ2n) is 4.97. The fourth-order valence-corrected chi connectivity index (χ4v) is 2.46. The Hall–Kier alpha value is -1.99. The third-order valence-electron chi connectivity index (χ3n) is 3.40. The van der Waals surface area contributed by atoms with Gasteiger partial charge in [-0.2, -0.15) is 5.10 Å². The number of hydrogen-bond acceptors (Lipinski definition) is 4. The molecule has 8 nitrogen and oxygen atoms in total. The van der Waals surface area contributed by atoms with E-state index < -0.39 is 7.82 Å². The zero-order chi connectivity index (χ0) is 15.9. The van der Waals surface area contributed by atoms with Gasteiger partial charge in [-0.3, -0.25) is 4.52 Å². The maximum absolute atomic E-state index is 10.7. The maximum atomic E-state index is 10.7. The Morgan fingerprint density at radius 2 is 2.14 bits per heavy atom. The molecule has 0 aliphatic carbocycles. The Morgan fingerprint density at radius 1 is 1.36 bits per heavy atom. The first-order valence-electron chi connectivity index (χ1n) is 6.49. The molecular weight excluding hydrogens is 307 g/mol. The Labute approximate surface area is 126 Å². The number of aromatic nitrogens is 4. The maximum Gasteiger partial charge on any atom is 0.471 e. The summed E-state index contributed by atoms with van der Waals surface area (Å²) in [4.78, 5) is 22.0. The van der Waals surface area contributed by atoms with Gasteiger partial charge >= 0.3 is 7.82 Å². The SMILES string of the molecule is Cc1cc2ccc(-c3cnn(COP(=O)(O)O)c3)nc2n1C. The van der Waals surface area contributed by atoms with Gasteiger partial charge in [0.15, 0.2) is 6.73 Å². The lowest BCUT2D eigenvalue weighted by molar-refractivity contribution is 0.145. The van der Waals surface area contributed by atoms with Gasteiger partial charge in [0, 0.05) is 29.9 Å². The van der Waals surface area contributed by atoms with Crippen molar-refractivity contribution in [3.05, 3.63) is 36.3 Å². The summed E-state index contributed by atoms with van der Waals surface area (Å²) in [7, 11) is -2.56. The monoisotopic (exact) mass is 322 g/mol. The van der Waals surface area contributed by atoms with Crippen LogP contribution in [0.2, 0.25) is 0 Å². The van der Waals surface area contributed by atoms with E-state index in [0.717, 1.165) is 28.0 Å². The molecule has 0 saturated heterocycles. The lowest BCUT2D eigenvalue weighted by Crippen LogP contribution is -2.01. The Balaban J connectivity index is 1.89. The number of rotatable bonds is 4. The van der Waals surface area contributed by atoms with Crippen LogP contribution in [0.1, 0.15) is 5.69 Å². The lowest BCUT2D eigenvalue weighted by atomic mass is 10.2. The Kier molecular flexibility index (Phi) is 3.62. The highest BCUT2D eigenvalue weighted by molar-refractivity contribution is 7.46. The molecule has 0 radical (unpaired) electrons. The quantitative estimate of drug-likeness (QED) is 0.710. The Bertz CT molecular complexity index is 879. The van der Waals surface area contributed by atoms with Gasteiger partial charge in [0.05, 0.1) is 11.9 Å². The summed E-state index contributed by atoms with van der Waals surface area (Å²) in [5.41, 5.74) is 3.46. The molecule has 0 atom stereocenters. The molecule has 3 aromatic rings. The number of pyridine rings is 1. The van der Waals surface area contributed by atoms with Crippen LogP contribution in [0, 0.1) is 6.92 Å². The smallest absolute Gasteiger partial charge is 0.333 e. The average molecular weight is 322 g/mol. The topological polar surface area (TPSA) is 102 Å².